The van der Waals surface area contributed by atoms with E-state index in [9.17, 15) is 9.90 Å². The second kappa shape index (κ2) is 8.42. The number of allylic oxidation sites excluding steroid dienone is 1. The Balaban J connectivity index is 2.27. The molecule has 1 rings (SSSR count). The van der Waals surface area contributed by atoms with Crippen molar-refractivity contribution in [2.75, 3.05) is 7.11 Å². The Hall–Kier alpha value is -0.870. The third kappa shape index (κ3) is 4.60. The van der Waals surface area contributed by atoms with Crippen molar-refractivity contribution in [2.45, 2.75) is 77.1 Å². The molecule has 1 aliphatic heterocycles. The average molecular weight is 284 g/mol. The van der Waals surface area contributed by atoms with Crippen molar-refractivity contribution < 1.29 is 19.4 Å². The van der Waals surface area contributed by atoms with Crippen LogP contribution >= 0.6 is 0 Å². The zero-order chi connectivity index (χ0) is 15.0. The van der Waals surface area contributed by atoms with Crippen molar-refractivity contribution in [1.82, 2.24) is 0 Å². The fraction of sp³-hybridized carbons (Fsp3) is 0.812. The van der Waals surface area contributed by atoms with Crippen molar-refractivity contribution in [1.29, 1.82) is 0 Å². The predicted molar refractivity (Wildman–Crippen MR) is 78.2 cm³/mol. The SMILES string of the molecule is CCCCCCCCC/C=C1/C(=O)O[C@@](C)(OC)[C@@H]1O. The Kier molecular flexibility index (Phi) is 7.24. The van der Waals surface area contributed by atoms with E-state index >= 15 is 0 Å². The normalized spacial score (nSPS) is 28.1. The number of carbonyl (C=O) groups excluding carboxylic acids is 1. The summed E-state index contributed by atoms with van der Waals surface area (Å²) in [5.74, 6) is -1.70. The molecule has 0 saturated carbocycles. The van der Waals surface area contributed by atoms with Gasteiger partial charge in [0.25, 0.3) is 0 Å². The number of hydrogen-bond donors (Lipinski definition) is 1. The van der Waals surface area contributed by atoms with Crippen molar-refractivity contribution >= 4 is 5.97 Å². The van der Waals surface area contributed by atoms with Crippen LogP contribution in [0.5, 0.6) is 0 Å². The Morgan fingerprint density at radius 3 is 2.40 bits per heavy atom. The van der Waals surface area contributed by atoms with E-state index in [1.165, 1.54) is 45.6 Å². The lowest BCUT2D eigenvalue weighted by atomic mass is 10.0. The number of esters is 1. The summed E-state index contributed by atoms with van der Waals surface area (Å²) in [5, 5.41) is 10.0. The molecule has 116 valence electrons. The Bertz CT molecular complexity index is 337. The number of methoxy groups -OCH3 is 1. The molecule has 1 aliphatic rings. The molecule has 0 unspecified atom stereocenters. The van der Waals surface area contributed by atoms with Gasteiger partial charge in [0.05, 0.1) is 5.57 Å². The van der Waals surface area contributed by atoms with Crippen LogP contribution in [0, 0.1) is 0 Å². The monoisotopic (exact) mass is 284 g/mol. The van der Waals surface area contributed by atoms with E-state index in [0.717, 1.165) is 12.8 Å². The van der Waals surface area contributed by atoms with Gasteiger partial charge in [-0.1, -0.05) is 51.5 Å². The standard InChI is InChI=1S/C16H28O4/c1-4-5-6-7-8-9-10-11-12-13-14(17)16(2,19-3)20-15(13)18/h12,14,17H,4-11H2,1-3H3/b13-12+/t14-,16-/m1/s1. The molecule has 0 aliphatic carbocycles. The van der Waals surface area contributed by atoms with Gasteiger partial charge in [-0.3, -0.25) is 0 Å². The lowest BCUT2D eigenvalue weighted by Gasteiger charge is -2.23. The van der Waals surface area contributed by atoms with Crippen molar-refractivity contribution in [3.63, 3.8) is 0 Å². The van der Waals surface area contributed by atoms with E-state index in [4.69, 9.17) is 9.47 Å². The summed E-state index contributed by atoms with van der Waals surface area (Å²) in [6, 6.07) is 0. The van der Waals surface area contributed by atoms with Gasteiger partial charge in [-0.2, -0.15) is 0 Å². The van der Waals surface area contributed by atoms with Gasteiger partial charge < -0.3 is 14.6 Å². The molecule has 0 bridgehead atoms. The zero-order valence-corrected chi connectivity index (χ0v) is 13.0. The summed E-state index contributed by atoms with van der Waals surface area (Å²) in [5.41, 5.74) is 0.334. The number of carbonyl (C=O) groups is 1. The highest BCUT2D eigenvalue weighted by molar-refractivity contribution is 5.92. The van der Waals surface area contributed by atoms with E-state index < -0.39 is 17.9 Å². The number of aliphatic hydroxyl groups is 1. The molecule has 1 N–H and O–H groups in total. The van der Waals surface area contributed by atoms with Crippen LogP contribution in [0.2, 0.25) is 0 Å². The lowest BCUT2D eigenvalue weighted by molar-refractivity contribution is -0.218. The zero-order valence-electron chi connectivity index (χ0n) is 13.0. The van der Waals surface area contributed by atoms with Gasteiger partial charge in [0.2, 0.25) is 5.79 Å². The van der Waals surface area contributed by atoms with Crippen LogP contribution in [0.15, 0.2) is 11.6 Å². The molecular formula is C16H28O4. The second-order valence-corrected chi connectivity index (χ2v) is 5.58. The Labute approximate surface area is 122 Å². The maximum absolute atomic E-state index is 11.7. The molecule has 4 nitrogen and oxygen atoms in total. The van der Waals surface area contributed by atoms with E-state index in [1.807, 2.05) is 0 Å². The number of unbranched alkanes of at least 4 members (excludes halogenated alkanes) is 7. The average Bonchev–Trinajstić information content (AvgIpc) is 2.65. The molecule has 1 fully saturated rings. The van der Waals surface area contributed by atoms with Crippen LogP contribution in [0.1, 0.15) is 65.2 Å². The van der Waals surface area contributed by atoms with Gasteiger partial charge in [0.15, 0.2) is 6.10 Å². The van der Waals surface area contributed by atoms with Crippen molar-refractivity contribution in [2.24, 2.45) is 0 Å². The quantitative estimate of drug-likeness (QED) is 0.401. The summed E-state index contributed by atoms with van der Waals surface area (Å²) >= 11 is 0. The number of aliphatic hydroxyl groups excluding tert-OH is 1. The highest BCUT2D eigenvalue weighted by Crippen LogP contribution is 2.31. The fourth-order valence-electron chi connectivity index (χ4n) is 2.40. The van der Waals surface area contributed by atoms with Crippen LogP contribution < -0.4 is 0 Å². The lowest BCUT2D eigenvalue weighted by Crippen LogP contribution is -2.38. The molecule has 0 aromatic heterocycles. The van der Waals surface area contributed by atoms with Crippen LogP contribution in [0.4, 0.5) is 0 Å². The number of hydrogen-bond acceptors (Lipinski definition) is 4. The van der Waals surface area contributed by atoms with Gasteiger partial charge in [-0.25, -0.2) is 4.79 Å². The molecule has 20 heavy (non-hydrogen) atoms. The Morgan fingerprint density at radius 2 is 1.85 bits per heavy atom. The highest BCUT2D eigenvalue weighted by atomic mass is 16.7. The molecule has 0 spiro atoms. The van der Waals surface area contributed by atoms with Crippen LogP contribution in [-0.4, -0.2) is 30.1 Å². The third-order valence-electron chi connectivity index (χ3n) is 3.90. The molecule has 0 aromatic rings. The van der Waals surface area contributed by atoms with Crippen LogP contribution in [-0.2, 0) is 14.3 Å². The first kappa shape index (κ1) is 17.2. The summed E-state index contributed by atoms with van der Waals surface area (Å²) in [6.45, 7) is 3.79. The van der Waals surface area contributed by atoms with Gasteiger partial charge in [0.1, 0.15) is 0 Å². The molecule has 1 saturated heterocycles. The summed E-state index contributed by atoms with van der Waals surface area (Å²) < 4.78 is 10.1. The first-order chi connectivity index (χ1) is 9.55. The molecule has 0 radical (unpaired) electrons. The highest BCUT2D eigenvalue weighted by Gasteiger charge is 2.48. The van der Waals surface area contributed by atoms with Gasteiger partial charge >= 0.3 is 5.97 Å². The number of cyclic esters (lactones) is 1. The topological polar surface area (TPSA) is 55.8 Å². The van der Waals surface area contributed by atoms with E-state index in [0.29, 0.717) is 5.57 Å². The third-order valence-corrected chi connectivity index (χ3v) is 3.90. The van der Waals surface area contributed by atoms with Gasteiger partial charge in [0, 0.05) is 14.0 Å². The minimum Gasteiger partial charge on any atom is -0.427 e. The summed E-state index contributed by atoms with van der Waals surface area (Å²) in [6.07, 6.45) is 10.2. The molecule has 4 heteroatoms. The molecule has 0 aromatic carbocycles. The van der Waals surface area contributed by atoms with E-state index in [-0.39, 0.29) is 0 Å². The minimum atomic E-state index is -1.23. The fourth-order valence-corrected chi connectivity index (χ4v) is 2.40. The van der Waals surface area contributed by atoms with Gasteiger partial charge in [-0.15, -0.1) is 0 Å². The van der Waals surface area contributed by atoms with E-state index in [1.54, 1.807) is 13.0 Å². The second-order valence-electron chi connectivity index (χ2n) is 5.58. The molecule has 2 atom stereocenters. The Morgan fingerprint density at radius 1 is 1.25 bits per heavy atom. The smallest absolute Gasteiger partial charge is 0.339 e. The first-order valence-corrected chi connectivity index (χ1v) is 7.71. The molecule has 0 amide bonds. The predicted octanol–water partition coefficient (Wildman–Crippen LogP) is 3.33. The first-order valence-electron chi connectivity index (χ1n) is 7.71. The van der Waals surface area contributed by atoms with Crippen molar-refractivity contribution in [3.05, 3.63) is 11.6 Å². The van der Waals surface area contributed by atoms with Crippen LogP contribution in [0.25, 0.3) is 0 Å². The molecular weight excluding hydrogens is 256 g/mol. The largest absolute Gasteiger partial charge is 0.427 e. The summed E-state index contributed by atoms with van der Waals surface area (Å²) in [7, 11) is 1.43. The summed E-state index contributed by atoms with van der Waals surface area (Å²) in [4.78, 5) is 11.7. The molecule has 1 heterocycles. The number of ether oxygens (including phenoxy) is 2. The van der Waals surface area contributed by atoms with Gasteiger partial charge in [-0.05, 0) is 12.8 Å². The minimum absolute atomic E-state index is 0.334. The van der Waals surface area contributed by atoms with Crippen LogP contribution in [0.3, 0.4) is 0 Å². The maximum atomic E-state index is 11.7. The van der Waals surface area contributed by atoms with E-state index in [2.05, 4.69) is 6.92 Å². The number of rotatable bonds is 9. The van der Waals surface area contributed by atoms with Crippen molar-refractivity contribution in [3.8, 4) is 0 Å². The maximum Gasteiger partial charge on any atom is 0.339 e.